The van der Waals surface area contributed by atoms with Gasteiger partial charge in [-0.1, -0.05) is 12.1 Å². The van der Waals surface area contributed by atoms with Crippen molar-refractivity contribution in [2.75, 3.05) is 0 Å². The monoisotopic (exact) mass is 245 g/mol. The van der Waals surface area contributed by atoms with Gasteiger partial charge >= 0.3 is 0 Å². The van der Waals surface area contributed by atoms with Gasteiger partial charge in [-0.25, -0.2) is 4.39 Å². The second-order valence-electron chi connectivity index (χ2n) is 3.23. The third-order valence-corrected chi connectivity index (χ3v) is 2.79. The molecule has 72 valence electrons. The highest BCUT2D eigenvalue weighted by Crippen LogP contribution is 2.21. The van der Waals surface area contributed by atoms with E-state index in [0.29, 0.717) is 4.47 Å². The average Bonchev–Trinajstić information content (AvgIpc) is 2.07. The minimum Gasteiger partial charge on any atom is -0.328 e. The van der Waals surface area contributed by atoms with Gasteiger partial charge in [0.05, 0.1) is 4.47 Å². The zero-order valence-electron chi connectivity index (χ0n) is 7.56. The third-order valence-electron chi connectivity index (χ3n) is 1.90. The van der Waals surface area contributed by atoms with Crippen molar-refractivity contribution in [1.29, 1.82) is 0 Å². The molecule has 0 aliphatic rings. The molecule has 0 spiro atoms. The molecule has 3 heteroatoms. The van der Waals surface area contributed by atoms with Crippen molar-refractivity contribution in [1.82, 2.24) is 0 Å². The first-order valence-electron chi connectivity index (χ1n) is 4.29. The Bertz CT molecular complexity index is 286. The summed E-state index contributed by atoms with van der Waals surface area (Å²) in [6, 6.07) is 5.24. The maximum Gasteiger partial charge on any atom is 0.137 e. The van der Waals surface area contributed by atoms with Crippen LogP contribution in [0.5, 0.6) is 0 Å². The van der Waals surface area contributed by atoms with Gasteiger partial charge in [-0.2, -0.15) is 0 Å². The summed E-state index contributed by atoms with van der Waals surface area (Å²) in [6.07, 6.45) is 1.69. The van der Waals surface area contributed by atoms with E-state index in [1.807, 2.05) is 13.0 Å². The molecule has 0 heterocycles. The van der Waals surface area contributed by atoms with Crippen molar-refractivity contribution >= 4 is 15.9 Å². The molecule has 0 amide bonds. The van der Waals surface area contributed by atoms with E-state index < -0.39 is 0 Å². The number of hydrogen-bond donors (Lipinski definition) is 1. The van der Waals surface area contributed by atoms with Crippen LogP contribution in [-0.4, -0.2) is 6.04 Å². The quantitative estimate of drug-likeness (QED) is 0.871. The van der Waals surface area contributed by atoms with Crippen molar-refractivity contribution in [3.63, 3.8) is 0 Å². The van der Waals surface area contributed by atoms with Gasteiger partial charge in [0.1, 0.15) is 5.82 Å². The van der Waals surface area contributed by atoms with Crippen molar-refractivity contribution in [2.24, 2.45) is 5.73 Å². The second kappa shape index (κ2) is 4.72. The van der Waals surface area contributed by atoms with Crippen LogP contribution in [0.1, 0.15) is 18.9 Å². The Hall–Kier alpha value is -0.410. The summed E-state index contributed by atoms with van der Waals surface area (Å²) >= 11 is 3.21. The van der Waals surface area contributed by atoms with Gasteiger partial charge in [0.15, 0.2) is 0 Å². The van der Waals surface area contributed by atoms with E-state index in [2.05, 4.69) is 15.9 Å². The number of halogens is 2. The molecule has 1 nitrogen and oxygen atoms in total. The van der Waals surface area contributed by atoms with Crippen molar-refractivity contribution in [3.8, 4) is 0 Å². The maximum absolute atomic E-state index is 13.0. The van der Waals surface area contributed by atoms with E-state index in [4.69, 9.17) is 5.73 Å². The van der Waals surface area contributed by atoms with Crippen molar-refractivity contribution in [2.45, 2.75) is 25.8 Å². The van der Waals surface area contributed by atoms with Gasteiger partial charge in [-0.05, 0) is 47.3 Å². The Balaban J connectivity index is 2.71. The van der Waals surface area contributed by atoms with E-state index in [-0.39, 0.29) is 11.9 Å². The Morgan fingerprint density at radius 2 is 2.23 bits per heavy atom. The highest BCUT2D eigenvalue weighted by atomic mass is 79.9. The van der Waals surface area contributed by atoms with Gasteiger partial charge in [-0.3, -0.25) is 0 Å². The molecule has 1 atom stereocenters. The molecular formula is C10H13BrFN. The van der Waals surface area contributed by atoms with E-state index in [0.717, 1.165) is 18.4 Å². The maximum atomic E-state index is 13.0. The van der Waals surface area contributed by atoms with E-state index in [1.54, 1.807) is 6.07 Å². The first-order valence-corrected chi connectivity index (χ1v) is 5.09. The Labute approximate surface area is 86.3 Å². The zero-order chi connectivity index (χ0) is 9.84. The summed E-state index contributed by atoms with van der Waals surface area (Å²) in [7, 11) is 0. The Morgan fingerprint density at radius 1 is 1.54 bits per heavy atom. The Morgan fingerprint density at radius 3 is 2.85 bits per heavy atom. The summed E-state index contributed by atoms with van der Waals surface area (Å²) in [5.74, 6) is -0.206. The number of benzene rings is 1. The molecule has 1 aromatic carbocycles. The van der Waals surface area contributed by atoms with E-state index in [9.17, 15) is 4.39 Å². The average molecular weight is 246 g/mol. The van der Waals surface area contributed by atoms with E-state index in [1.165, 1.54) is 6.07 Å². The van der Waals surface area contributed by atoms with Crippen LogP contribution in [0.25, 0.3) is 0 Å². The molecule has 0 unspecified atom stereocenters. The fourth-order valence-electron chi connectivity index (χ4n) is 1.12. The predicted octanol–water partition coefficient (Wildman–Crippen LogP) is 2.87. The number of rotatable bonds is 3. The van der Waals surface area contributed by atoms with Gasteiger partial charge in [0.2, 0.25) is 0 Å². The van der Waals surface area contributed by atoms with Crippen LogP contribution in [-0.2, 0) is 6.42 Å². The predicted molar refractivity (Wildman–Crippen MR) is 56.1 cm³/mol. The van der Waals surface area contributed by atoms with Gasteiger partial charge in [0.25, 0.3) is 0 Å². The molecule has 0 aliphatic carbocycles. The van der Waals surface area contributed by atoms with Crippen LogP contribution in [0.4, 0.5) is 4.39 Å². The SMILES string of the molecule is C[C@@H](N)CCc1cccc(F)c1Br. The highest BCUT2D eigenvalue weighted by Gasteiger charge is 2.05. The molecule has 0 aromatic heterocycles. The number of nitrogens with two attached hydrogens (primary N) is 1. The summed E-state index contributed by atoms with van der Waals surface area (Å²) in [5, 5.41) is 0. The molecule has 0 radical (unpaired) electrons. The molecule has 0 aliphatic heterocycles. The van der Waals surface area contributed by atoms with Crippen LogP contribution in [0.2, 0.25) is 0 Å². The normalized spacial score (nSPS) is 12.9. The van der Waals surface area contributed by atoms with Crippen molar-refractivity contribution in [3.05, 3.63) is 34.1 Å². The first-order chi connectivity index (χ1) is 6.11. The lowest BCUT2D eigenvalue weighted by Crippen LogP contribution is -2.15. The van der Waals surface area contributed by atoms with Crippen LogP contribution >= 0.6 is 15.9 Å². The Kier molecular flexibility index (Phi) is 3.88. The largest absolute Gasteiger partial charge is 0.328 e. The molecular weight excluding hydrogens is 233 g/mol. The van der Waals surface area contributed by atoms with Gasteiger partial charge in [-0.15, -0.1) is 0 Å². The van der Waals surface area contributed by atoms with Crippen LogP contribution in [0.15, 0.2) is 22.7 Å². The molecule has 0 saturated heterocycles. The van der Waals surface area contributed by atoms with Crippen LogP contribution in [0, 0.1) is 5.82 Å². The topological polar surface area (TPSA) is 26.0 Å². The highest BCUT2D eigenvalue weighted by molar-refractivity contribution is 9.10. The summed E-state index contributed by atoms with van der Waals surface area (Å²) in [6.45, 7) is 1.95. The fraction of sp³-hybridized carbons (Fsp3) is 0.400. The summed E-state index contributed by atoms with van der Waals surface area (Å²) < 4.78 is 13.6. The molecule has 1 rings (SSSR count). The first kappa shape index (κ1) is 10.7. The molecule has 0 fully saturated rings. The second-order valence-corrected chi connectivity index (χ2v) is 4.02. The summed E-state index contributed by atoms with van der Waals surface area (Å²) in [4.78, 5) is 0. The minimum absolute atomic E-state index is 0.162. The number of hydrogen-bond acceptors (Lipinski definition) is 1. The van der Waals surface area contributed by atoms with Crippen LogP contribution < -0.4 is 5.73 Å². The third kappa shape index (κ3) is 3.08. The molecule has 2 N–H and O–H groups in total. The zero-order valence-corrected chi connectivity index (χ0v) is 9.14. The number of aryl methyl sites for hydroxylation is 1. The fourth-order valence-corrected chi connectivity index (χ4v) is 1.59. The molecule has 0 saturated carbocycles. The van der Waals surface area contributed by atoms with Crippen molar-refractivity contribution < 1.29 is 4.39 Å². The lowest BCUT2D eigenvalue weighted by Gasteiger charge is -2.07. The molecule has 13 heavy (non-hydrogen) atoms. The molecule has 1 aromatic rings. The van der Waals surface area contributed by atoms with Gasteiger partial charge < -0.3 is 5.73 Å². The molecule has 0 bridgehead atoms. The lowest BCUT2D eigenvalue weighted by molar-refractivity contribution is 0.612. The minimum atomic E-state index is -0.206. The standard InChI is InChI=1S/C10H13BrFN/c1-7(13)5-6-8-3-2-4-9(12)10(8)11/h2-4,7H,5-6,13H2,1H3/t7-/m1/s1. The van der Waals surface area contributed by atoms with Crippen LogP contribution in [0.3, 0.4) is 0 Å². The van der Waals surface area contributed by atoms with E-state index >= 15 is 0 Å². The van der Waals surface area contributed by atoms with Gasteiger partial charge in [0, 0.05) is 6.04 Å². The lowest BCUT2D eigenvalue weighted by atomic mass is 10.1. The summed E-state index contributed by atoms with van der Waals surface area (Å²) in [5.41, 5.74) is 6.60. The smallest absolute Gasteiger partial charge is 0.137 e.